The van der Waals surface area contributed by atoms with Crippen molar-refractivity contribution < 1.29 is 0 Å². The molecule has 96 valence electrons. The highest BCUT2D eigenvalue weighted by Crippen LogP contribution is 2.37. The number of fused-ring (bicyclic) bond motifs is 3. The molecule has 4 heteroatoms. The number of hydrogen-bond donors (Lipinski definition) is 1. The van der Waals surface area contributed by atoms with Crippen LogP contribution in [0, 0.1) is 10.6 Å². The summed E-state index contributed by atoms with van der Waals surface area (Å²) in [6.45, 7) is 6.63. The van der Waals surface area contributed by atoms with E-state index in [4.69, 9.17) is 17.2 Å². The predicted octanol–water partition coefficient (Wildman–Crippen LogP) is 4.60. The van der Waals surface area contributed by atoms with Crippen LogP contribution in [-0.4, -0.2) is 9.97 Å². The molecule has 0 bridgehead atoms. The van der Waals surface area contributed by atoms with Crippen LogP contribution in [0.4, 0.5) is 0 Å². The number of H-pyrrole nitrogens is 1. The Balaban J connectivity index is 2.25. The highest BCUT2D eigenvalue weighted by molar-refractivity contribution is 7.71. The van der Waals surface area contributed by atoms with Gasteiger partial charge in [-0.25, -0.2) is 4.98 Å². The van der Waals surface area contributed by atoms with Crippen LogP contribution in [0.2, 0.25) is 0 Å². The highest BCUT2D eigenvalue weighted by Gasteiger charge is 2.22. The van der Waals surface area contributed by atoms with Crippen molar-refractivity contribution in [3.05, 3.63) is 20.9 Å². The molecule has 1 atom stereocenters. The molecule has 0 amide bonds. The molecule has 18 heavy (non-hydrogen) atoms. The molecule has 0 aromatic carbocycles. The number of hydrogen-bond acceptors (Lipinski definition) is 3. The van der Waals surface area contributed by atoms with E-state index in [0.717, 1.165) is 27.6 Å². The maximum Gasteiger partial charge on any atom is 0.128 e. The maximum absolute atomic E-state index is 5.54. The Morgan fingerprint density at radius 2 is 2.22 bits per heavy atom. The fourth-order valence-corrected chi connectivity index (χ4v) is 4.43. The Kier molecular flexibility index (Phi) is 3.02. The standard InChI is InChI=1S/C14H18N2S2/c1-7(2)12-15-13(17)11-9-5-4-8(3)6-10(9)18-14(11)16-12/h7-8H,4-6H2,1-3H3,(H,15,16,17). The number of aromatic amines is 1. The van der Waals surface area contributed by atoms with E-state index in [1.807, 2.05) is 11.3 Å². The average Bonchev–Trinajstić information content (AvgIpc) is 2.66. The van der Waals surface area contributed by atoms with Crippen LogP contribution in [0.1, 0.15) is 49.4 Å². The average molecular weight is 278 g/mol. The molecule has 0 fully saturated rings. The van der Waals surface area contributed by atoms with Crippen LogP contribution in [0.25, 0.3) is 10.2 Å². The third-order valence-electron chi connectivity index (χ3n) is 3.73. The maximum atomic E-state index is 5.54. The molecule has 1 aliphatic carbocycles. The lowest BCUT2D eigenvalue weighted by Crippen LogP contribution is -2.08. The van der Waals surface area contributed by atoms with Gasteiger partial charge in [-0.1, -0.05) is 33.0 Å². The Morgan fingerprint density at radius 3 is 2.94 bits per heavy atom. The monoisotopic (exact) mass is 278 g/mol. The van der Waals surface area contributed by atoms with Gasteiger partial charge in [0.05, 0.1) is 0 Å². The molecule has 1 unspecified atom stereocenters. The first-order valence-electron chi connectivity index (χ1n) is 6.60. The van der Waals surface area contributed by atoms with E-state index < -0.39 is 0 Å². The second kappa shape index (κ2) is 4.42. The molecule has 0 saturated carbocycles. The summed E-state index contributed by atoms with van der Waals surface area (Å²) in [7, 11) is 0. The lowest BCUT2D eigenvalue weighted by Gasteiger charge is -2.17. The quantitative estimate of drug-likeness (QED) is 0.772. The van der Waals surface area contributed by atoms with Gasteiger partial charge in [-0.05, 0) is 30.7 Å². The van der Waals surface area contributed by atoms with Crippen molar-refractivity contribution in [2.45, 2.75) is 46.0 Å². The van der Waals surface area contributed by atoms with Crippen molar-refractivity contribution in [3.8, 4) is 0 Å². The zero-order valence-corrected chi connectivity index (χ0v) is 12.7. The van der Waals surface area contributed by atoms with Gasteiger partial charge in [-0.2, -0.15) is 0 Å². The smallest absolute Gasteiger partial charge is 0.128 e. The summed E-state index contributed by atoms with van der Waals surface area (Å²) >= 11 is 7.39. The van der Waals surface area contributed by atoms with Crippen molar-refractivity contribution in [1.82, 2.24) is 9.97 Å². The largest absolute Gasteiger partial charge is 0.334 e. The summed E-state index contributed by atoms with van der Waals surface area (Å²) in [6.07, 6.45) is 3.64. The first-order chi connectivity index (χ1) is 8.56. The van der Waals surface area contributed by atoms with Gasteiger partial charge in [0.1, 0.15) is 15.3 Å². The summed E-state index contributed by atoms with van der Waals surface area (Å²) < 4.78 is 0.885. The number of aryl methyl sites for hydroxylation is 1. The number of aromatic nitrogens is 2. The lowest BCUT2D eigenvalue weighted by molar-refractivity contribution is 0.509. The van der Waals surface area contributed by atoms with Crippen LogP contribution < -0.4 is 0 Å². The number of nitrogens with one attached hydrogen (secondary N) is 1. The van der Waals surface area contributed by atoms with E-state index in [0.29, 0.717) is 5.92 Å². The normalized spacial score (nSPS) is 19.4. The second-order valence-electron chi connectivity index (χ2n) is 5.64. The molecule has 1 aliphatic rings. The predicted molar refractivity (Wildman–Crippen MR) is 80.1 cm³/mol. The minimum atomic E-state index is 0.397. The van der Waals surface area contributed by atoms with Crippen molar-refractivity contribution >= 4 is 33.8 Å². The third kappa shape index (κ3) is 1.91. The van der Waals surface area contributed by atoms with Crippen molar-refractivity contribution in [2.75, 3.05) is 0 Å². The van der Waals surface area contributed by atoms with Crippen LogP contribution >= 0.6 is 23.6 Å². The van der Waals surface area contributed by atoms with Crippen molar-refractivity contribution in [3.63, 3.8) is 0 Å². The molecule has 2 aromatic heterocycles. The molecular weight excluding hydrogens is 260 g/mol. The zero-order chi connectivity index (χ0) is 12.9. The van der Waals surface area contributed by atoms with Gasteiger partial charge in [0.25, 0.3) is 0 Å². The van der Waals surface area contributed by atoms with E-state index in [9.17, 15) is 0 Å². The Labute approximate surface area is 116 Å². The first-order valence-corrected chi connectivity index (χ1v) is 7.83. The molecule has 3 rings (SSSR count). The number of nitrogens with zero attached hydrogens (tertiary/aromatic N) is 1. The Morgan fingerprint density at radius 1 is 1.44 bits per heavy atom. The summed E-state index contributed by atoms with van der Waals surface area (Å²) in [5.41, 5.74) is 1.47. The topological polar surface area (TPSA) is 28.7 Å². The fraction of sp³-hybridized carbons (Fsp3) is 0.571. The molecule has 2 nitrogen and oxygen atoms in total. The van der Waals surface area contributed by atoms with Gasteiger partial charge in [0, 0.05) is 16.2 Å². The van der Waals surface area contributed by atoms with Crippen LogP contribution in [0.15, 0.2) is 0 Å². The van der Waals surface area contributed by atoms with Gasteiger partial charge >= 0.3 is 0 Å². The summed E-state index contributed by atoms with van der Waals surface area (Å²) in [6, 6.07) is 0. The zero-order valence-electron chi connectivity index (χ0n) is 11.0. The molecule has 0 radical (unpaired) electrons. The summed E-state index contributed by atoms with van der Waals surface area (Å²) in [5.74, 6) is 2.21. The van der Waals surface area contributed by atoms with Crippen LogP contribution in [-0.2, 0) is 12.8 Å². The molecular formula is C14H18N2S2. The molecule has 1 N–H and O–H groups in total. The highest BCUT2D eigenvalue weighted by atomic mass is 32.1. The van der Waals surface area contributed by atoms with E-state index >= 15 is 0 Å². The molecule has 2 heterocycles. The van der Waals surface area contributed by atoms with Crippen LogP contribution in [0.3, 0.4) is 0 Å². The van der Waals surface area contributed by atoms with Gasteiger partial charge in [-0.15, -0.1) is 11.3 Å². The Hall–Kier alpha value is -0.740. The van der Waals surface area contributed by atoms with Crippen LogP contribution in [0.5, 0.6) is 0 Å². The molecule has 0 aliphatic heterocycles. The van der Waals surface area contributed by atoms with E-state index in [1.165, 1.54) is 28.7 Å². The van der Waals surface area contributed by atoms with E-state index in [-0.39, 0.29) is 0 Å². The minimum absolute atomic E-state index is 0.397. The molecule has 0 spiro atoms. The Bertz CT molecular complexity index is 652. The van der Waals surface area contributed by atoms with Gasteiger partial charge in [0.2, 0.25) is 0 Å². The summed E-state index contributed by atoms with van der Waals surface area (Å²) in [5, 5.41) is 1.22. The van der Waals surface area contributed by atoms with Gasteiger partial charge in [0.15, 0.2) is 0 Å². The number of rotatable bonds is 1. The SMILES string of the molecule is CC1CCc2c(sc3nc(C(C)C)[nH]c(=S)c23)C1. The fourth-order valence-electron chi connectivity index (χ4n) is 2.64. The van der Waals surface area contributed by atoms with E-state index in [2.05, 4.69) is 25.8 Å². The molecule has 0 saturated heterocycles. The second-order valence-corrected chi connectivity index (χ2v) is 7.13. The van der Waals surface area contributed by atoms with E-state index in [1.54, 1.807) is 0 Å². The first kappa shape index (κ1) is 12.3. The third-order valence-corrected chi connectivity index (χ3v) is 5.19. The van der Waals surface area contributed by atoms with Crippen molar-refractivity contribution in [2.24, 2.45) is 5.92 Å². The number of thiophene rings is 1. The van der Waals surface area contributed by atoms with Gasteiger partial charge < -0.3 is 4.98 Å². The lowest BCUT2D eigenvalue weighted by atomic mass is 9.89. The molecule has 2 aromatic rings. The minimum Gasteiger partial charge on any atom is -0.334 e. The van der Waals surface area contributed by atoms with Crippen molar-refractivity contribution in [1.29, 1.82) is 0 Å². The summed E-state index contributed by atoms with van der Waals surface area (Å²) in [4.78, 5) is 10.7. The van der Waals surface area contributed by atoms with Gasteiger partial charge in [-0.3, -0.25) is 0 Å².